The first-order valence-corrected chi connectivity index (χ1v) is 8.16. The lowest BCUT2D eigenvalue weighted by molar-refractivity contribution is -0.143. The number of carbonyl (C=O) groups excluding carboxylic acids is 1. The molecule has 2 heterocycles. The van der Waals surface area contributed by atoms with E-state index in [2.05, 4.69) is 21.0 Å². The summed E-state index contributed by atoms with van der Waals surface area (Å²) in [6.07, 6.45) is 4.26. The molecule has 1 N–H and O–H groups in total. The van der Waals surface area contributed by atoms with Gasteiger partial charge in [0.25, 0.3) is 5.91 Å². The first kappa shape index (κ1) is 15.7. The molecule has 3 rings (SSSR count). The normalized spacial score (nSPS) is 15.6. The minimum atomic E-state index is -0.778. The molecule has 0 unspecified atom stereocenters. The molecule has 1 aromatic heterocycles. The number of hydrogen-bond acceptors (Lipinski definition) is 3. The molecule has 0 atom stereocenters. The van der Waals surface area contributed by atoms with Gasteiger partial charge in [-0.25, -0.2) is 4.68 Å². The van der Waals surface area contributed by atoms with Crippen LogP contribution in [-0.2, 0) is 4.79 Å². The maximum atomic E-state index is 12.5. The van der Waals surface area contributed by atoms with Gasteiger partial charge < -0.3 is 10.0 Å². The highest BCUT2D eigenvalue weighted by atomic mass is 79.9. The van der Waals surface area contributed by atoms with Gasteiger partial charge in [-0.15, -0.1) is 0 Å². The number of aromatic nitrogens is 2. The second-order valence-corrected chi connectivity index (χ2v) is 6.47. The minimum Gasteiger partial charge on any atom is -0.481 e. The predicted molar refractivity (Wildman–Crippen MR) is 87.5 cm³/mol. The number of likely N-dealkylation sites (tertiary alicyclic amines) is 1. The predicted octanol–water partition coefficient (Wildman–Crippen LogP) is 2.57. The molecular weight excluding hydrogens is 362 g/mol. The Morgan fingerprint density at radius 1 is 1.17 bits per heavy atom. The van der Waals surface area contributed by atoms with Crippen molar-refractivity contribution in [3.8, 4) is 5.69 Å². The molecule has 1 aliphatic heterocycles. The van der Waals surface area contributed by atoms with Gasteiger partial charge in [-0.2, -0.15) is 5.10 Å². The molecule has 0 saturated carbocycles. The lowest BCUT2D eigenvalue weighted by atomic mass is 9.97. The van der Waals surface area contributed by atoms with Gasteiger partial charge in [-0.1, -0.05) is 15.9 Å². The Hall–Kier alpha value is -2.15. The number of rotatable bonds is 3. The number of aliphatic carboxylic acids is 1. The van der Waals surface area contributed by atoms with Gasteiger partial charge >= 0.3 is 5.97 Å². The number of carbonyl (C=O) groups is 2. The highest BCUT2D eigenvalue weighted by molar-refractivity contribution is 9.10. The summed E-state index contributed by atoms with van der Waals surface area (Å²) in [5.74, 6) is -1.22. The quantitative estimate of drug-likeness (QED) is 0.891. The molecule has 2 aromatic rings. The lowest BCUT2D eigenvalue weighted by Gasteiger charge is -2.29. The molecule has 1 fully saturated rings. The van der Waals surface area contributed by atoms with Gasteiger partial charge in [0.05, 0.1) is 23.4 Å². The largest absolute Gasteiger partial charge is 0.481 e. The monoisotopic (exact) mass is 377 g/mol. The highest BCUT2D eigenvalue weighted by Crippen LogP contribution is 2.20. The van der Waals surface area contributed by atoms with Crippen molar-refractivity contribution >= 4 is 27.8 Å². The number of benzene rings is 1. The molecule has 0 bridgehead atoms. The van der Waals surface area contributed by atoms with Crippen molar-refractivity contribution in [2.75, 3.05) is 13.1 Å². The van der Waals surface area contributed by atoms with Crippen LogP contribution in [0.1, 0.15) is 23.2 Å². The molecule has 6 nitrogen and oxygen atoms in total. The highest BCUT2D eigenvalue weighted by Gasteiger charge is 2.28. The van der Waals surface area contributed by atoms with Crippen LogP contribution in [0.4, 0.5) is 0 Å². The Morgan fingerprint density at radius 2 is 1.83 bits per heavy atom. The molecule has 7 heteroatoms. The molecule has 23 heavy (non-hydrogen) atoms. The molecular formula is C16H16BrN3O3. The van der Waals surface area contributed by atoms with Crippen LogP contribution in [0.25, 0.3) is 5.69 Å². The van der Waals surface area contributed by atoms with E-state index in [-0.39, 0.29) is 11.8 Å². The van der Waals surface area contributed by atoms with Crippen molar-refractivity contribution in [3.05, 3.63) is 46.7 Å². The van der Waals surface area contributed by atoms with Crippen LogP contribution in [0.15, 0.2) is 41.1 Å². The maximum Gasteiger partial charge on any atom is 0.306 e. The van der Waals surface area contributed by atoms with Crippen LogP contribution >= 0.6 is 15.9 Å². The van der Waals surface area contributed by atoms with Crippen LogP contribution in [0.5, 0.6) is 0 Å². The molecule has 1 amide bonds. The van der Waals surface area contributed by atoms with E-state index in [0.717, 1.165) is 10.2 Å². The fraction of sp³-hybridized carbons (Fsp3) is 0.312. The van der Waals surface area contributed by atoms with Gasteiger partial charge in [-0.05, 0) is 37.1 Å². The first-order chi connectivity index (χ1) is 11.0. The number of hydrogen-bond donors (Lipinski definition) is 1. The summed E-state index contributed by atoms with van der Waals surface area (Å²) < 4.78 is 2.63. The Labute approximate surface area is 141 Å². The fourth-order valence-electron chi connectivity index (χ4n) is 2.68. The Bertz CT molecular complexity index is 718. The van der Waals surface area contributed by atoms with Crippen LogP contribution < -0.4 is 0 Å². The van der Waals surface area contributed by atoms with Crippen LogP contribution in [0.3, 0.4) is 0 Å². The van der Waals surface area contributed by atoms with Gasteiger partial charge in [0.2, 0.25) is 0 Å². The number of carboxylic acid groups (broad SMARTS) is 1. The van der Waals surface area contributed by atoms with E-state index in [4.69, 9.17) is 5.11 Å². The minimum absolute atomic E-state index is 0.0998. The average Bonchev–Trinajstić information content (AvgIpc) is 3.05. The molecule has 1 aromatic carbocycles. The summed E-state index contributed by atoms with van der Waals surface area (Å²) in [5.41, 5.74) is 1.39. The summed E-state index contributed by atoms with van der Waals surface area (Å²) in [5, 5.41) is 13.2. The third-order valence-corrected chi connectivity index (χ3v) is 4.58. The van der Waals surface area contributed by atoms with E-state index in [1.165, 1.54) is 0 Å². The van der Waals surface area contributed by atoms with Crippen molar-refractivity contribution in [2.45, 2.75) is 12.8 Å². The summed E-state index contributed by atoms with van der Waals surface area (Å²) in [4.78, 5) is 25.2. The summed E-state index contributed by atoms with van der Waals surface area (Å²) in [6.45, 7) is 0.943. The van der Waals surface area contributed by atoms with E-state index < -0.39 is 5.97 Å². The van der Waals surface area contributed by atoms with Crippen LogP contribution in [0, 0.1) is 5.92 Å². The molecule has 1 saturated heterocycles. The first-order valence-electron chi connectivity index (χ1n) is 7.37. The lowest BCUT2D eigenvalue weighted by Crippen LogP contribution is -2.40. The molecule has 1 aliphatic rings. The number of amides is 1. The molecule has 120 valence electrons. The molecule has 0 radical (unpaired) electrons. The smallest absolute Gasteiger partial charge is 0.306 e. The standard InChI is InChI=1S/C16H16BrN3O3/c17-13-1-3-14(4-2-13)20-10-12(9-18-20)15(21)19-7-5-11(6-8-19)16(22)23/h1-4,9-11H,5-8H2,(H,22,23). The Morgan fingerprint density at radius 3 is 2.43 bits per heavy atom. The second-order valence-electron chi connectivity index (χ2n) is 5.55. The molecule has 0 spiro atoms. The SMILES string of the molecule is O=C(O)C1CCN(C(=O)c2cnn(-c3ccc(Br)cc3)c2)CC1. The van der Waals surface area contributed by atoms with E-state index >= 15 is 0 Å². The van der Waals surface area contributed by atoms with E-state index in [9.17, 15) is 9.59 Å². The summed E-state index contributed by atoms with van der Waals surface area (Å²) in [6, 6.07) is 7.64. The van der Waals surface area contributed by atoms with Crippen LogP contribution in [0.2, 0.25) is 0 Å². The van der Waals surface area contributed by atoms with E-state index in [0.29, 0.717) is 31.5 Å². The summed E-state index contributed by atoms with van der Waals surface area (Å²) in [7, 11) is 0. The van der Waals surface area contributed by atoms with Crippen molar-refractivity contribution in [1.29, 1.82) is 0 Å². The Balaban J connectivity index is 1.69. The Kier molecular flexibility index (Phi) is 4.47. The van der Waals surface area contributed by atoms with Crippen molar-refractivity contribution in [3.63, 3.8) is 0 Å². The number of carboxylic acids is 1. The zero-order valence-electron chi connectivity index (χ0n) is 12.4. The fourth-order valence-corrected chi connectivity index (χ4v) is 2.94. The van der Waals surface area contributed by atoms with Gasteiger partial charge in [0, 0.05) is 23.8 Å². The second kappa shape index (κ2) is 6.54. The molecule has 0 aliphatic carbocycles. The van der Waals surface area contributed by atoms with Crippen molar-refractivity contribution in [1.82, 2.24) is 14.7 Å². The zero-order chi connectivity index (χ0) is 16.4. The number of piperidine rings is 1. The van der Waals surface area contributed by atoms with Gasteiger partial charge in [0.15, 0.2) is 0 Å². The number of nitrogens with zero attached hydrogens (tertiary/aromatic N) is 3. The van der Waals surface area contributed by atoms with Crippen molar-refractivity contribution < 1.29 is 14.7 Å². The van der Waals surface area contributed by atoms with E-state index in [1.807, 2.05) is 24.3 Å². The summed E-state index contributed by atoms with van der Waals surface area (Å²) >= 11 is 3.38. The third-order valence-electron chi connectivity index (χ3n) is 4.05. The number of halogens is 1. The topological polar surface area (TPSA) is 75.4 Å². The van der Waals surface area contributed by atoms with E-state index in [1.54, 1.807) is 22.0 Å². The van der Waals surface area contributed by atoms with Gasteiger partial charge in [-0.3, -0.25) is 9.59 Å². The zero-order valence-corrected chi connectivity index (χ0v) is 13.9. The average molecular weight is 378 g/mol. The maximum absolute atomic E-state index is 12.5. The van der Waals surface area contributed by atoms with Crippen molar-refractivity contribution in [2.24, 2.45) is 5.92 Å². The van der Waals surface area contributed by atoms with Gasteiger partial charge in [0.1, 0.15) is 0 Å². The van der Waals surface area contributed by atoms with Crippen LogP contribution in [-0.4, -0.2) is 44.8 Å². The third kappa shape index (κ3) is 3.44.